The average Bonchev–Trinajstić information content (AvgIpc) is 2.76. The van der Waals surface area contributed by atoms with Crippen molar-refractivity contribution in [2.24, 2.45) is 11.5 Å². The molecule has 0 aromatic heterocycles. The zero-order valence-electron chi connectivity index (χ0n) is 16.6. The zero-order valence-corrected chi connectivity index (χ0v) is 17.4. The highest BCUT2D eigenvalue weighted by Gasteiger charge is 2.54. The van der Waals surface area contributed by atoms with E-state index in [1.165, 1.54) is 40.9 Å². The molecule has 1 aromatic carbocycles. The fraction of sp³-hybridized carbons (Fsp3) is 0.300. The second-order valence-corrected chi connectivity index (χ2v) is 7.90. The van der Waals surface area contributed by atoms with Gasteiger partial charge in [0.25, 0.3) is 5.91 Å². The number of rotatable bonds is 7. The van der Waals surface area contributed by atoms with E-state index in [0.717, 1.165) is 0 Å². The van der Waals surface area contributed by atoms with Gasteiger partial charge in [-0.2, -0.15) is 0 Å². The predicted molar refractivity (Wildman–Crippen MR) is 113 cm³/mol. The number of β-lactam (4-membered cyclic amide) rings is 1. The number of nitrogens with zero attached hydrogens (tertiary/aromatic N) is 1. The first-order valence-electron chi connectivity index (χ1n) is 9.39. The second kappa shape index (κ2) is 9.33. The molecule has 0 aliphatic carbocycles. The van der Waals surface area contributed by atoms with Crippen LogP contribution in [0.25, 0.3) is 0 Å². The van der Waals surface area contributed by atoms with Crippen molar-refractivity contribution in [2.45, 2.75) is 24.4 Å². The lowest BCUT2D eigenvalue weighted by Gasteiger charge is -2.49. The Morgan fingerprint density at radius 2 is 2.03 bits per heavy atom. The van der Waals surface area contributed by atoms with E-state index in [2.05, 4.69) is 5.32 Å². The van der Waals surface area contributed by atoms with E-state index in [1.807, 2.05) is 0 Å². The number of aliphatic carboxylic acids is 1. The van der Waals surface area contributed by atoms with Crippen LogP contribution in [0.2, 0.25) is 0 Å². The van der Waals surface area contributed by atoms with E-state index < -0.39 is 41.2 Å². The molecule has 10 nitrogen and oxygen atoms in total. The monoisotopic (exact) mass is 446 g/mol. The molecular formula is C20H22N4O6S. The third kappa shape index (κ3) is 4.48. The summed E-state index contributed by atoms with van der Waals surface area (Å²) in [6.45, 7) is 1.50. The number of carbonyl (C=O) groups is 4. The number of thioether (sulfide) groups is 1. The first kappa shape index (κ1) is 22.5. The number of hydrogen-bond donors (Lipinski definition) is 4. The van der Waals surface area contributed by atoms with Crippen LogP contribution < -0.4 is 21.5 Å². The Morgan fingerprint density at radius 3 is 2.61 bits per heavy atom. The Balaban J connectivity index is 1.67. The highest BCUT2D eigenvalue weighted by Crippen LogP contribution is 2.40. The van der Waals surface area contributed by atoms with Gasteiger partial charge in [-0.25, -0.2) is 4.79 Å². The maximum Gasteiger partial charge on any atom is 0.352 e. The molecule has 1 fully saturated rings. The highest BCUT2D eigenvalue weighted by atomic mass is 32.2. The SMILES string of the molecule is CC=CC1=C(C(=O)O)N2C(=O)[C@@H](NC(=O)[C@H](N)c3ccc(OC(=O)CN)cc3)[C@@H]2SC1. The summed E-state index contributed by atoms with van der Waals surface area (Å²) in [6.07, 6.45) is 3.38. The van der Waals surface area contributed by atoms with Gasteiger partial charge in [0.05, 0.1) is 6.54 Å². The quantitative estimate of drug-likeness (QED) is 0.253. The number of fused-ring (bicyclic) bond motifs is 1. The minimum atomic E-state index is -1.19. The largest absolute Gasteiger partial charge is 0.477 e. The highest BCUT2D eigenvalue weighted by molar-refractivity contribution is 8.00. The van der Waals surface area contributed by atoms with E-state index in [1.54, 1.807) is 19.1 Å². The summed E-state index contributed by atoms with van der Waals surface area (Å²) in [6, 6.07) is 4.09. The molecule has 2 aliphatic heterocycles. The number of nitrogens with one attached hydrogen (secondary N) is 1. The van der Waals surface area contributed by atoms with E-state index in [9.17, 15) is 24.3 Å². The molecule has 2 heterocycles. The van der Waals surface area contributed by atoms with Crippen molar-refractivity contribution in [2.75, 3.05) is 12.3 Å². The Bertz CT molecular complexity index is 974. The molecule has 0 bridgehead atoms. The van der Waals surface area contributed by atoms with Crippen LogP contribution in [0.1, 0.15) is 18.5 Å². The molecule has 3 rings (SSSR count). The Hall–Kier alpha value is -3.15. The Morgan fingerprint density at radius 1 is 1.35 bits per heavy atom. The molecule has 2 amide bonds. The van der Waals surface area contributed by atoms with Gasteiger partial charge < -0.3 is 26.6 Å². The van der Waals surface area contributed by atoms with Crippen LogP contribution in [0.4, 0.5) is 0 Å². The normalized spacial score (nSPS) is 21.4. The minimum Gasteiger partial charge on any atom is -0.477 e. The van der Waals surface area contributed by atoms with Gasteiger partial charge in [0.2, 0.25) is 5.91 Å². The third-order valence-electron chi connectivity index (χ3n) is 4.79. The van der Waals surface area contributed by atoms with Gasteiger partial charge in [-0.05, 0) is 30.2 Å². The van der Waals surface area contributed by atoms with Gasteiger partial charge in [0.15, 0.2) is 0 Å². The summed E-state index contributed by atoms with van der Waals surface area (Å²) in [5.41, 5.74) is 12.1. The summed E-state index contributed by atoms with van der Waals surface area (Å²) in [7, 11) is 0. The van der Waals surface area contributed by atoms with Crippen molar-refractivity contribution in [1.29, 1.82) is 0 Å². The number of esters is 1. The fourth-order valence-corrected chi connectivity index (χ4v) is 4.60. The summed E-state index contributed by atoms with van der Waals surface area (Å²) >= 11 is 1.37. The van der Waals surface area contributed by atoms with E-state index >= 15 is 0 Å². The summed E-state index contributed by atoms with van der Waals surface area (Å²) in [5.74, 6) is -2.20. The van der Waals surface area contributed by atoms with Crippen LogP contribution in [0, 0.1) is 0 Å². The molecule has 164 valence electrons. The van der Waals surface area contributed by atoms with Gasteiger partial charge in [-0.15, -0.1) is 11.8 Å². The molecule has 1 saturated heterocycles. The van der Waals surface area contributed by atoms with Crippen molar-refractivity contribution >= 4 is 35.5 Å². The van der Waals surface area contributed by atoms with Gasteiger partial charge in [-0.3, -0.25) is 19.3 Å². The molecular weight excluding hydrogens is 424 g/mol. The Labute approximate surface area is 182 Å². The van der Waals surface area contributed by atoms with Crippen molar-refractivity contribution < 1.29 is 29.0 Å². The lowest BCUT2D eigenvalue weighted by Crippen LogP contribution is -2.71. The van der Waals surface area contributed by atoms with Crippen LogP contribution in [0.15, 0.2) is 47.7 Å². The number of benzene rings is 1. The van der Waals surface area contributed by atoms with Gasteiger partial charge in [-0.1, -0.05) is 24.3 Å². The molecule has 0 saturated carbocycles. The van der Waals surface area contributed by atoms with Crippen LogP contribution in [-0.2, 0) is 19.2 Å². The van der Waals surface area contributed by atoms with Crippen molar-refractivity contribution in [1.82, 2.24) is 10.2 Å². The topological polar surface area (TPSA) is 165 Å². The standard InChI is InChI=1S/C20H22N4O6S/c1-2-3-11-9-31-19-15(18(27)24(19)16(11)20(28)29)23-17(26)14(22)10-4-6-12(7-5-10)30-13(25)8-21/h2-7,14-15,19H,8-9,21-22H2,1H3,(H,23,26)(H,28,29)/t14-,15-,19+/m1/s1. The number of carboxylic acid groups (broad SMARTS) is 1. The number of hydrogen-bond acceptors (Lipinski definition) is 8. The van der Waals surface area contributed by atoms with E-state index in [-0.39, 0.29) is 18.0 Å². The van der Waals surface area contributed by atoms with Crippen molar-refractivity contribution in [3.8, 4) is 5.75 Å². The van der Waals surface area contributed by atoms with Crippen molar-refractivity contribution in [3.05, 3.63) is 53.3 Å². The maximum absolute atomic E-state index is 12.6. The number of amides is 2. The molecule has 0 radical (unpaired) electrons. The minimum absolute atomic E-state index is 0.0655. The number of nitrogens with two attached hydrogens (primary N) is 2. The number of carbonyl (C=O) groups excluding carboxylic acids is 3. The van der Waals surface area contributed by atoms with Gasteiger partial charge >= 0.3 is 11.9 Å². The van der Waals surface area contributed by atoms with Crippen LogP contribution in [-0.4, -0.2) is 57.5 Å². The molecule has 31 heavy (non-hydrogen) atoms. The smallest absolute Gasteiger partial charge is 0.352 e. The number of ether oxygens (including phenoxy) is 1. The van der Waals surface area contributed by atoms with Crippen LogP contribution in [0.3, 0.4) is 0 Å². The first-order valence-corrected chi connectivity index (χ1v) is 10.4. The second-order valence-electron chi connectivity index (χ2n) is 6.80. The van der Waals surface area contributed by atoms with Gasteiger partial charge in [0, 0.05) is 5.75 Å². The lowest BCUT2D eigenvalue weighted by molar-refractivity contribution is -0.150. The predicted octanol–water partition coefficient (Wildman–Crippen LogP) is -0.135. The number of carboxylic acids is 1. The Kier molecular flexibility index (Phi) is 6.78. The molecule has 0 spiro atoms. The first-order chi connectivity index (χ1) is 14.8. The molecule has 1 aromatic rings. The lowest BCUT2D eigenvalue weighted by atomic mass is 10.0. The van der Waals surface area contributed by atoms with Crippen LogP contribution in [0.5, 0.6) is 5.75 Å². The molecule has 3 atom stereocenters. The molecule has 2 aliphatic rings. The zero-order chi connectivity index (χ0) is 22.7. The molecule has 0 unspecified atom stereocenters. The summed E-state index contributed by atoms with van der Waals surface area (Å²) < 4.78 is 4.96. The fourth-order valence-electron chi connectivity index (χ4n) is 3.28. The average molecular weight is 446 g/mol. The molecule has 6 N–H and O–H groups in total. The van der Waals surface area contributed by atoms with Crippen molar-refractivity contribution in [3.63, 3.8) is 0 Å². The van der Waals surface area contributed by atoms with Crippen LogP contribution >= 0.6 is 11.8 Å². The number of allylic oxidation sites excluding steroid dienone is 2. The third-order valence-corrected chi connectivity index (χ3v) is 6.09. The van der Waals surface area contributed by atoms with E-state index in [0.29, 0.717) is 16.9 Å². The maximum atomic E-state index is 12.6. The summed E-state index contributed by atoms with van der Waals surface area (Å²) in [5, 5.41) is 11.6. The summed E-state index contributed by atoms with van der Waals surface area (Å²) in [4.78, 5) is 49.3. The van der Waals surface area contributed by atoms with E-state index in [4.69, 9.17) is 16.2 Å². The van der Waals surface area contributed by atoms with Gasteiger partial charge in [0.1, 0.15) is 28.9 Å². The molecule has 11 heteroatoms.